The highest BCUT2D eigenvalue weighted by Gasteiger charge is 2.23. The second-order valence-electron chi connectivity index (χ2n) is 7.12. The van der Waals surface area contributed by atoms with Crippen LogP contribution in [0.15, 0.2) is 24.3 Å². The topological polar surface area (TPSA) is 15.3 Å². The molecule has 1 saturated heterocycles. The van der Waals surface area contributed by atoms with Crippen molar-refractivity contribution in [2.45, 2.75) is 59.0 Å². The lowest BCUT2D eigenvalue weighted by Gasteiger charge is -2.25. The number of hydrogen-bond donors (Lipinski definition) is 1. The van der Waals surface area contributed by atoms with Gasteiger partial charge in [0, 0.05) is 30.9 Å². The summed E-state index contributed by atoms with van der Waals surface area (Å²) in [6.07, 6.45) is 4.04. The highest BCUT2D eigenvalue weighted by molar-refractivity contribution is 5.54. The van der Waals surface area contributed by atoms with E-state index >= 15 is 0 Å². The van der Waals surface area contributed by atoms with E-state index in [4.69, 9.17) is 0 Å². The van der Waals surface area contributed by atoms with Crippen molar-refractivity contribution >= 4 is 5.69 Å². The highest BCUT2D eigenvalue weighted by atomic mass is 15.2. The molecule has 0 aliphatic carbocycles. The molecule has 1 unspecified atom stereocenters. The molecule has 2 nitrogen and oxygen atoms in total. The van der Waals surface area contributed by atoms with Crippen LogP contribution in [0.1, 0.15) is 52.5 Å². The van der Waals surface area contributed by atoms with Gasteiger partial charge in [0.05, 0.1) is 0 Å². The van der Waals surface area contributed by atoms with Crippen LogP contribution in [0.3, 0.4) is 0 Å². The number of nitrogens with zero attached hydrogens (tertiary/aromatic N) is 1. The summed E-state index contributed by atoms with van der Waals surface area (Å²) in [5, 5.41) is 3.61. The zero-order valence-electron chi connectivity index (χ0n) is 13.6. The first-order valence-corrected chi connectivity index (χ1v) is 8.07. The van der Waals surface area contributed by atoms with Gasteiger partial charge in [-0.25, -0.2) is 0 Å². The largest absolute Gasteiger partial charge is 0.371 e. The lowest BCUT2D eigenvalue weighted by molar-refractivity contribution is 0.424. The zero-order valence-corrected chi connectivity index (χ0v) is 13.6. The number of anilines is 1. The molecule has 1 atom stereocenters. The molecule has 1 heterocycles. The van der Waals surface area contributed by atoms with Crippen LogP contribution in [0.5, 0.6) is 0 Å². The molecule has 112 valence electrons. The Hall–Kier alpha value is -1.02. The number of para-hydroxylation sites is 1. The molecule has 1 aromatic rings. The van der Waals surface area contributed by atoms with Crippen LogP contribution in [0.4, 0.5) is 5.69 Å². The van der Waals surface area contributed by atoms with Crippen LogP contribution in [0, 0.1) is 5.92 Å². The van der Waals surface area contributed by atoms with Crippen molar-refractivity contribution in [2.24, 2.45) is 5.92 Å². The van der Waals surface area contributed by atoms with E-state index in [1.165, 1.54) is 43.6 Å². The molecule has 1 aliphatic rings. The van der Waals surface area contributed by atoms with Crippen LogP contribution in [-0.4, -0.2) is 18.6 Å². The van der Waals surface area contributed by atoms with Crippen LogP contribution >= 0.6 is 0 Å². The van der Waals surface area contributed by atoms with Crippen molar-refractivity contribution in [2.75, 3.05) is 18.0 Å². The fourth-order valence-electron chi connectivity index (χ4n) is 3.02. The van der Waals surface area contributed by atoms with Gasteiger partial charge in [0.15, 0.2) is 0 Å². The minimum absolute atomic E-state index is 0.170. The smallest absolute Gasteiger partial charge is 0.0411 e. The zero-order chi connectivity index (χ0) is 14.6. The van der Waals surface area contributed by atoms with Gasteiger partial charge in [0.25, 0.3) is 0 Å². The van der Waals surface area contributed by atoms with Crippen LogP contribution < -0.4 is 10.2 Å². The predicted octanol–water partition coefficient (Wildman–Crippen LogP) is 4.20. The summed E-state index contributed by atoms with van der Waals surface area (Å²) in [6.45, 7) is 12.4. The van der Waals surface area contributed by atoms with E-state index < -0.39 is 0 Å². The first-order chi connectivity index (χ1) is 9.49. The third-order valence-corrected chi connectivity index (χ3v) is 4.12. The first-order valence-electron chi connectivity index (χ1n) is 8.07. The molecule has 0 aromatic heterocycles. The molecular weight excluding hydrogens is 244 g/mol. The van der Waals surface area contributed by atoms with Gasteiger partial charge in [0.1, 0.15) is 0 Å². The summed E-state index contributed by atoms with van der Waals surface area (Å²) in [5.41, 5.74) is 3.03. The maximum atomic E-state index is 3.61. The van der Waals surface area contributed by atoms with Crippen molar-refractivity contribution in [3.8, 4) is 0 Å². The summed E-state index contributed by atoms with van der Waals surface area (Å²) in [5.74, 6) is 0.892. The van der Waals surface area contributed by atoms with Crippen LogP contribution in [-0.2, 0) is 6.54 Å². The van der Waals surface area contributed by atoms with Crippen molar-refractivity contribution < 1.29 is 0 Å². The van der Waals surface area contributed by atoms with Gasteiger partial charge in [-0.1, -0.05) is 31.5 Å². The minimum atomic E-state index is 0.170. The molecule has 20 heavy (non-hydrogen) atoms. The molecular formula is C18H30N2. The SMILES string of the molecule is CCCC1CCN(c2ccccc2CNC(C)(C)C)C1. The number of benzene rings is 1. The van der Waals surface area contributed by atoms with E-state index in [2.05, 4.69) is 62.2 Å². The molecule has 0 spiro atoms. The van der Waals surface area contributed by atoms with Crippen LogP contribution in [0.2, 0.25) is 0 Å². The van der Waals surface area contributed by atoms with Crippen molar-refractivity contribution in [1.82, 2.24) is 5.32 Å². The Balaban J connectivity index is 2.04. The Morgan fingerprint density at radius 2 is 2.00 bits per heavy atom. The quantitative estimate of drug-likeness (QED) is 0.865. The summed E-state index contributed by atoms with van der Waals surface area (Å²) in [4.78, 5) is 2.58. The molecule has 1 aliphatic heterocycles. The predicted molar refractivity (Wildman–Crippen MR) is 88.3 cm³/mol. The van der Waals surface area contributed by atoms with Gasteiger partial charge in [-0.2, -0.15) is 0 Å². The average molecular weight is 274 g/mol. The van der Waals surface area contributed by atoms with Gasteiger partial charge in [0.2, 0.25) is 0 Å². The molecule has 0 amide bonds. The maximum Gasteiger partial charge on any atom is 0.0411 e. The lowest BCUT2D eigenvalue weighted by Crippen LogP contribution is -2.35. The molecule has 2 heteroatoms. The van der Waals surface area contributed by atoms with Gasteiger partial charge in [-0.05, 0) is 51.2 Å². The molecule has 0 bridgehead atoms. The van der Waals surface area contributed by atoms with Crippen molar-refractivity contribution in [3.63, 3.8) is 0 Å². The third-order valence-electron chi connectivity index (χ3n) is 4.12. The summed E-state index contributed by atoms with van der Waals surface area (Å²) < 4.78 is 0. The summed E-state index contributed by atoms with van der Waals surface area (Å²) >= 11 is 0. The molecule has 1 aromatic carbocycles. The molecule has 1 N–H and O–H groups in total. The highest BCUT2D eigenvalue weighted by Crippen LogP contribution is 2.29. The fraction of sp³-hybridized carbons (Fsp3) is 0.667. The number of hydrogen-bond acceptors (Lipinski definition) is 2. The van der Waals surface area contributed by atoms with E-state index in [0.717, 1.165) is 12.5 Å². The third kappa shape index (κ3) is 4.24. The Labute approximate surface area is 124 Å². The maximum absolute atomic E-state index is 3.61. The van der Waals surface area contributed by atoms with Crippen molar-refractivity contribution in [3.05, 3.63) is 29.8 Å². The standard InChI is InChI=1S/C18H30N2/c1-5-8-15-11-12-20(14-15)17-10-7-6-9-16(17)13-19-18(2,3)4/h6-7,9-10,15,19H,5,8,11-14H2,1-4H3. The number of nitrogens with one attached hydrogen (secondary N) is 1. The molecule has 1 fully saturated rings. The van der Waals surface area contributed by atoms with Gasteiger partial charge in [-0.3, -0.25) is 0 Å². The van der Waals surface area contributed by atoms with E-state index in [1.807, 2.05) is 0 Å². The second-order valence-corrected chi connectivity index (χ2v) is 7.12. The van der Waals surface area contributed by atoms with E-state index in [0.29, 0.717) is 0 Å². The Morgan fingerprint density at radius 3 is 2.70 bits per heavy atom. The normalized spacial score (nSPS) is 19.6. The molecule has 0 saturated carbocycles. The van der Waals surface area contributed by atoms with E-state index in [9.17, 15) is 0 Å². The van der Waals surface area contributed by atoms with E-state index in [1.54, 1.807) is 0 Å². The molecule has 2 rings (SSSR count). The van der Waals surface area contributed by atoms with Crippen molar-refractivity contribution in [1.29, 1.82) is 0 Å². The Kier molecular flexibility index (Phi) is 5.09. The summed E-state index contributed by atoms with van der Waals surface area (Å²) in [6, 6.07) is 8.88. The second kappa shape index (κ2) is 6.62. The Bertz CT molecular complexity index is 420. The number of rotatable bonds is 5. The average Bonchev–Trinajstić information content (AvgIpc) is 2.85. The summed E-state index contributed by atoms with van der Waals surface area (Å²) in [7, 11) is 0. The van der Waals surface area contributed by atoms with Gasteiger partial charge >= 0.3 is 0 Å². The lowest BCUT2D eigenvalue weighted by atomic mass is 10.0. The monoisotopic (exact) mass is 274 g/mol. The minimum Gasteiger partial charge on any atom is -0.371 e. The van der Waals surface area contributed by atoms with Gasteiger partial charge < -0.3 is 10.2 Å². The first kappa shape index (κ1) is 15.4. The Morgan fingerprint density at radius 1 is 1.25 bits per heavy atom. The van der Waals surface area contributed by atoms with Crippen LogP contribution in [0.25, 0.3) is 0 Å². The van der Waals surface area contributed by atoms with E-state index in [-0.39, 0.29) is 5.54 Å². The fourth-order valence-corrected chi connectivity index (χ4v) is 3.02. The molecule has 0 radical (unpaired) electrons. The van der Waals surface area contributed by atoms with Gasteiger partial charge in [-0.15, -0.1) is 0 Å².